The zero-order valence-electron chi connectivity index (χ0n) is 18.2. The summed E-state index contributed by atoms with van der Waals surface area (Å²) in [7, 11) is 1.70. The number of nitrogens with zero attached hydrogens (tertiary/aromatic N) is 3. The average molecular weight is 409 g/mol. The summed E-state index contributed by atoms with van der Waals surface area (Å²) in [6.07, 6.45) is 0.844. The molecular formula is C24H32N4O2. The van der Waals surface area contributed by atoms with E-state index in [2.05, 4.69) is 34.2 Å². The first-order chi connectivity index (χ1) is 14.5. The van der Waals surface area contributed by atoms with Gasteiger partial charge < -0.3 is 15.1 Å². The van der Waals surface area contributed by atoms with Crippen molar-refractivity contribution < 1.29 is 9.59 Å². The van der Waals surface area contributed by atoms with Crippen molar-refractivity contribution in [1.29, 1.82) is 0 Å². The third-order valence-electron chi connectivity index (χ3n) is 5.77. The van der Waals surface area contributed by atoms with Crippen LogP contribution in [0.5, 0.6) is 0 Å². The third-order valence-corrected chi connectivity index (χ3v) is 5.77. The van der Waals surface area contributed by atoms with Crippen molar-refractivity contribution in [3.05, 3.63) is 60.2 Å². The van der Waals surface area contributed by atoms with E-state index < -0.39 is 0 Å². The van der Waals surface area contributed by atoms with E-state index in [0.29, 0.717) is 0 Å². The Kier molecular flexibility index (Phi) is 7.46. The summed E-state index contributed by atoms with van der Waals surface area (Å²) < 4.78 is 0. The Hall–Kier alpha value is -2.86. The van der Waals surface area contributed by atoms with Gasteiger partial charge in [-0.05, 0) is 37.1 Å². The second-order valence-corrected chi connectivity index (χ2v) is 7.79. The number of rotatable bonds is 7. The van der Waals surface area contributed by atoms with Gasteiger partial charge in [0.25, 0.3) is 0 Å². The fourth-order valence-corrected chi connectivity index (χ4v) is 3.91. The zero-order valence-corrected chi connectivity index (χ0v) is 18.2. The topological polar surface area (TPSA) is 55.9 Å². The van der Waals surface area contributed by atoms with Gasteiger partial charge in [-0.15, -0.1) is 0 Å². The van der Waals surface area contributed by atoms with Crippen LogP contribution in [0, 0.1) is 0 Å². The van der Waals surface area contributed by atoms with Crippen LogP contribution in [0.25, 0.3) is 0 Å². The highest BCUT2D eigenvalue weighted by Gasteiger charge is 2.28. The normalized spacial score (nSPS) is 15.5. The Morgan fingerprint density at radius 3 is 2.30 bits per heavy atom. The molecule has 0 aromatic heterocycles. The maximum atomic E-state index is 12.9. The quantitative estimate of drug-likeness (QED) is 0.766. The molecule has 0 bridgehead atoms. The molecule has 1 atom stereocenters. The predicted molar refractivity (Wildman–Crippen MR) is 122 cm³/mol. The van der Waals surface area contributed by atoms with Crippen molar-refractivity contribution in [2.45, 2.75) is 26.3 Å². The second kappa shape index (κ2) is 10.3. The molecule has 2 aromatic rings. The van der Waals surface area contributed by atoms with Crippen LogP contribution in [-0.2, 0) is 16.0 Å². The van der Waals surface area contributed by atoms with Crippen LogP contribution in [0.15, 0.2) is 54.6 Å². The van der Waals surface area contributed by atoms with Gasteiger partial charge in [0.2, 0.25) is 11.8 Å². The van der Waals surface area contributed by atoms with E-state index in [1.807, 2.05) is 49.4 Å². The molecule has 1 aliphatic heterocycles. The lowest BCUT2D eigenvalue weighted by Gasteiger charge is -2.39. The minimum atomic E-state index is -0.247. The highest BCUT2D eigenvalue weighted by Crippen LogP contribution is 2.18. The molecule has 2 amide bonds. The summed E-state index contributed by atoms with van der Waals surface area (Å²) >= 11 is 0. The van der Waals surface area contributed by atoms with Crippen LogP contribution in [0.3, 0.4) is 0 Å². The number of carbonyl (C=O) groups is 2. The number of carbonyl (C=O) groups excluding carboxylic acids is 2. The minimum absolute atomic E-state index is 0.0258. The second-order valence-electron chi connectivity index (χ2n) is 7.79. The van der Waals surface area contributed by atoms with Gasteiger partial charge in [-0.25, -0.2) is 0 Å². The van der Waals surface area contributed by atoms with Crippen molar-refractivity contribution in [3.63, 3.8) is 0 Å². The van der Waals surface area contributed by atoms with Crippen LogP contribution in [0.4, 0.5) is 11.4 Å². The lowest BCUT2D eigenvalue weighted by atomic mass is 10.1. The highest BCUT2D eigenvalue weighted by atomic mass is 16.2. The Labute approximate surface area is 179 Å². The molecule has 0 aliphatic carbocycles. The minimum Gasteiger partial charge on any atom is -0.369 e. The van der Waals surface area contributed by atoms with Crippen molar-refractivity contribution in [2.24, 2.45) is 0 Å². The van der Waals surface area contributed by atoms with Gasteiger partial charge in [0.1, 0.15) is 0 Å². The molecule has 1 aliphatic rings. The number of piperazine rings is 1. The Bertz CT molecular complexity index is 847. The molecule has 30 heavy (non-hydrogen) atoms. The summed E-state index contributed by atoms with van der Waals surface area (Å²) in [5.41, 5.74) is 3.12. The van der Waals surface area contributed by atoms with E-state index in [-0.39, 0.29) is 24.4 Å². The maximum absolute atomic E-state index is 12.9. The molecule has 1 saturated heterocycles. The van der Waals surface area contributed by atoms with E-state index in [1.165, 1.54) is 10.6 Å². The highest BCUT2D eigenvalue weighted by molar-refractivity contribution is 5.95. The van der Waals surface area contributed by atoms with Crippen LogP contribution in [0.2, 0.25) is 0 Å². The van der Waals surface area contributed by atoms with E-state index in [0.717, 1.165) is 43.9 Å². The predicted octanol–water partition coefficient (Wildman–Crippen LogP) is 2.86. The molecule has 6 nitrogen and oxygen atoms in total. The van der Waals surface area contributed by atoms with Crippen LogP contribution >= 0.6 is 0 Å². The van der Waals surface area contributed by atoms with E-state index >= 15 is 0 Å². The van der Waals surface area contributed by atoms with Crippen LogP contribution in [0.1, 0.15) is 19.4 Å². The number of benzene rings is 2. The standard InChI is InChI=1S/C24H32N4O2/c1-4-20-10-8-9-13-22(20)25-23(29)18-26(3)24(30)19(2)27-14-16-28(17-15-27)21-11-6-5-7-12-21/h5-13,19H,4,14-18H2,1-3H3,(H,25,29). The number of amides is 2. The first-order valence-electron chi connectivity index (χ1n) is 10.7. The fraction of sp³-hybridized carbons (Fsp3) is 0.417. The molecule has 1 unspecified atom stereocenters. The summed E-state index contributed by atoms with van der Waals surface area (Å²) in [6.45, 7) is 7.46. The Balaban J connectivity index is 1.50. The first kappa shape index (κ1) is 21.8. The maximum Gasteiger partial charge on any atom is 0.243 e. The van der Waals surface area contributed by atoms with Gasteiger partial charge >= 0.3 is 0 Å². The third kappa shape index (κ3) is 5.39. The van der Waals surface area contributed by atoms with E-state index in [1.54, 1.807) is 7.05 Å². The molecule has 6 heteroatoms. The van der Waals surface area contributed by atoms with Gasteiger partial charge in [-0.1, -0.05) is 43.3 Å². The SMILES string of the molecule is CCc1ccccc1NC(=O)CN(C)C(=O)C(C)N1CCN(c2ccccc2)CC1. The molecule has 0 radical (unpaired) electrons. The van der Waals surface area contributed by atoms with Crippen molar-refractivity contribution in [2.75, 3.05) is 50.0 Å². The largest absolute Gasteiger partial charge is 0.369 e. The molecule has 1 fully saturated rings. The van der Waals surface area contributed by atoms with Gasteiger partial charge in [0, 0.05) is 44.6 Å². The fourth-order valence-electron chi connectivity index (χ4n) is 3.91. The number of aryl methyl sites for hydroxylation is 1. The smallest absolute Gasteiger partial charge is 0.243 e. The number of nitrogens with one attached hydrogen (secondary N) is 1. The number of hydrogen-bond donors (Lipinski definition) is 1. The van der Waals surface area contributed by atoms with Crippen molar-refractivity contribution in [1.82, 2.24) is 9.80 Å². The monoisotopic (exact) mass is 408 g/mol. The number of anilines is 2. The zero-order chi connectivity index (χ0) is 21.5. The molecule has 1 heterocycles. The van der Waals surface area contributed by atoms with Gasteiger partial charge in [0.05, 0.1) is 12.6 Å². The summed E-state index contributed by atoms with van der Waals surface area (Å²) in [5, 5.41) is 2.94. The van der Waals surface area contributed by atoms with Crippen LogP contribution in [-0.4, -0.2) is 67.4 Å². The van der Waals surface area contributed by atoms with E-state index in [9.17, 15) is 9.59 Å². The van der Waals surface area contributed by atoms with Crippen LogP contribution < -0.4 is 10.2 Å². The number of hydrogen-bond acceptors (Lipinski definition) is 4. The van der Waals surface area contributed by atoms with Gasteiger partial charge in [0.15, 0.2) is 0 Å². The molecule has 1 N–H and O–H groups in total. The summed E-state index contributed by atoms with van der Waals surface area (Å²) in [5.74, 6) is -0.199. The van der Waals surface area contributed by atoms with E-state index in [4.69, 9.17) is 0 Å². The Morgan fingerprint density at radius 2 is 1.63 bits per heavy atom. The average Bonchev–Trinajstić information content (AvgIpc) is 2.79. The lowest BCUT2D eigenvalue weighted by Crippen LogP contribution is -2.54. The molecule has 2 aromatic carbocycles. The lowest BCUT2D eigenvalue weighted by molar-refractivity contribution is -0.137. The molecule has 0 saturated carbocycles. The number of para-hydroxylation sites is 2. The number of likely N-dealkylation sites (N-methyl/N-ethyl adjacent to an activating group) is 1. The van der Waals surface area contributed by atoms with Gasteiger partial charge in [-0.3, -0.25) is 14.5 Å². The van der Waals surface area contributed by atoms with Crippen molar-refractivity contribution >= 4 is 23.2 Å². The molecule has 0 spiro atoms. The van der Waals surface area contributed by atoms with Gasteiger partial charge in [-0.2, -0.15) is 0 Å². The summed E-state index contributed by atoms with van der Waals surface area (Å²) in [4.78, 5) is 31.4. The first-order valence-corrected chi connectivity index (χ1v) is 10.7. The Morgan fingerprint density at radius 1 is 1.00 bits per heavy atom. The molecule has 160 valence electrons. The summed E-state index contributed by atoms with van der Waals surface area (Å²) in [6, 6.07) is 17.9. The molecular weight excluding hydrogens is 376 g/mol. The van der Waals surface area contributed by atoms with Crippen molar-refractivity contribution in [3.8, 4) is 0 Å². The molecule has 3 rings (SSSR count).